The van der Waals surface area contributed by atoms with Crippen LogP contribution < -0.4 is 0 Å². The molecule has 28 heavy (non-hydrogen) atoms. The highest BCUT2D eigenvalue weighted by atomic mass is 14.4. The minimum Gasteiger partial charge on any atom is -0.0849 e. The Morgan fingerprint density at radius 2 is 0.893 bits per heavy atom. The molecule has 162 valence electrons. The van der Waals surface area contributed by atoms with Gasteiger partial charge in [-0.25, -0.2) is 0 Å². The van der Waals surface area contributed by atoms with E-state index in [1.54, 1.807) is 0 Å². The summed E-state index contributed by atoms with van der Waals surface area (Å²) in [5.41, 5.74) is 0. The third-order valence-electron chi connectivity index (χ3n) is 8.86. The highest BCUT2D eigenvalue weighted by molar-refractivity contribution is 5.03. The van der Waals surface area contributed by atoms with Crippen LogP contribution in [0.5, 0.6) is 0 Å². The van der Waals surface area contributed by atoms with Crippen molar-refractivity contribution in [2.45, 2.75) is 129 Å². The van der Waals surface area contributed by atoms with Crippen LogP contribution in [0.3, 0.4) is 0 Å². The van der Waals surface area contributed by atoms with Gasteiger partial charge in [-0.3, -0.25) is 0 Å². The van der Waals surface area contributed by atoms with Gasteiger partial charge in [0.05, 0.1) is 0 Å². The lowest BCUT2D eigenvalue weighted by Gasteiger charge is -2.38. The molecule has 0 saturated heterocycles. The molecule has 2 saturated carbocycles. The molecule has 0 N–H and O–H groups in total. The molecule has 2 fully saturated rings. The Hall–Kier alpha value is -0.260. The molecule has 0 nitrogen and oxygen atoms in total. The van der Waals surface area contributed by atoms with Crippen molar-refractivity contribution in [3.63, 3.8) is 0 Å². The number of rotatable bonds is 10. The summed E-state index contributed by atoms with van der Waals surface area (Å²) < 4.78 is 0. The number of hydrogen-bond acceptors (Lipinski definition) is 0. The number of unbranched alkanes of at least 4 members (excludes halogenated alkanes) is 4. The van der Waals surface area contributed by atoms with Crippen LogP contribution in [-0.4, -0.2) is 0 Å². The SMILES string of the molecule is CCCCCC1CCC(C2C=CC(C3CCC(CCCCC)CC3)CC2)CC1. The van der Waals surface area contributed by atoms with Crippen molar-refractivity contribution in [1.82, 2.24) is 0 Å². The van der Waals surface area contributed by atoms with E-state index in [1.807, 2.05) is 0 Å². The Labute approximate surface area is 177 Å². The molecule has 0 heteroatoms. The first kappa shape index (κ1) is 22.4. The van der Waals surface area contributed by atoms with Crippen molar-refractivity contribution >= 4 is 0 Å². The standard InChI is InChI=1S/C28H50/c1-3-5-7-9-23-11-15-25(16-12-23)27-19-21-28(22-20-27)26-17-13-24(14-18-26)10-8-6-4-2/h19,21,23-28H,3-18,20,22H2,1-2H3. The summed E-state index contributed by atoms with van der Waals surface area (Å²) in [5.74, 6) is 6.03. The predicted molar refractivity (Wildman–Crippen MR) is 125 cm³/mol. The van der Waals surface area contributed by atoms with Crippen molar-refractivity contribution in [3.8, 4) is 0 Å². The third-order valence-corrected chi connectivity index (χ3v) is 8.86. The Morgan fingerprint density at radius 3 is 1.21 bits per heavy atom. The van der Waals surface area contributed by atoms with Crippen LogP contribution in [0.4, 0.5) is 0 Å². The lowest BCUT2D eigenvalue weighted by atomic mass is 9.67. The zero-order valence-corrected chi connectivity index (χ0v) is 19.3. The van der Waals surface area contributed by atoms with E-state index in [4.69, 9.17) is 0 Å². The number of hydrogen-bond donors (Lipinski definition) is 0. The van der Waals surface area contributed by atoms with Gasteiger partial charge in [0.2, 0.25) is 0 Å². The first-order valence-corrected chi connectivity index (χ1v) is 13.5. The minimum atomic E-state index is 0.929. The second-order valence-electron chi connectivity index (χ2n) is 10.8. The molecule has 0 aromatic rings. The van der Waals surface area contributed by atoms with Gasteiger partial charge in [0.25, 0.3) is 0 Å². The van der Waals surface area contributed by atoms with Gasteiger partial charge >= 0.3 is 0 Å². The molecule has 3 aliphatic carbocycles. The normalized spacial score (nSPS) is 36.5. The Balaban J connectivity index is 1.34. The van der Waals surface area contributed by atoms with E-state index in [0.29, 0.717) is 0 Å². The van der Waals surface area contributed by atoms with Gasteiger partial charge in [-0.2, -0.15) is 0 Å². The van der Waals surface area contributed by atoms with Gasteiger partial charge in [0.1, 0.15) is 0 Å². The van der Waals surface area contributed by atoms with E-state index in [2.05, 4.69) is 26.0 Å². The largest absolute Gasteiger partial charge is 0.0849 e. The first-order valence-electron chi connectivity index (χ1n) is 13.5. The molecule has 0 aliphatic heterocycles. The van der Waals surface area contributed by atoms with Crippen LogP contribution in [0.2, 0.25) is 0 Å². The Morgan fingerprint density at radius 1 is 0.500 bits per heavy atom. The summed E-state index contributed by atoms with van der Waals surface area (Å²) in [6.07, 6.45) is 32.3. The molecular formula is C28H50. The highest BCUT2D eigenvalue weighted by Gasteiger charge is 2.31. The summed E-state index contributed by atoms with van der Waals surface area (Å²) in [6.45, 7) is 4.66. The molecule has 3 rings (SSSR count). The summed E-state index contributed by atoms with van der Waals surface area (Å²) in [7, 11) is 0. The molecule has 3 aliphatic rings. The molecule has 2 unspecified atom stereocenters. The van der Waals surface area contributed by atoms with E-state index in [1.165, 1.54) is 116 Å². The third kappa shape index (κ3) is 6.91. The van der Waals surface area contributed by atoms with E-state index >= 15 is 0 Å². The van der Waals surface area contributed by atoms with Gasteiger partial charge in [0, 0.05) is 0 Å². The molecule has 2 atom stereocenters. The molecule has 0 amide bonds. The van der Waals surface area contributed by atoms with Gasteiger partial charge in [-0.1, -0.05) is 103 Å². The van der Waals surface area contributed by atoms with Crippen LogP contribution >= 0.6 is 0 Å². The van der Waals surface area contributed by atoms with Crippen LogP contribution in [-0.2, 0) is 0 Å². The van der Waals surface area contributed by atoms with Crippen LogP contribution in [0.25, 0.3) is 0 Å². The van der Waals surface area contributed by atoms with Crippen molar-refractivity contribution < 1.29 is 0 Å². The van der Waals surface area contributed by atoms with Crippen molar-refractivity contribution in [1.29, 1.82) is 0 Å². The van der Waals surface area contributed by atoms with Crippen molar-refractivity contribution in [2.75, 3.05) is 0 Å². The average Bonchev–Trinajstić information content (AvgIpc) is 2.75. The fourth-order valence-corrected chi connectivity index (χ4v) is 6.82. The maximum absolute atomic E-state index is 2.70. The van der Waals surface area contributed by atoms with E-state index < -0.39 is 0 Å². The van der Waals surface area contributed by atoms with Crippen molar-refractivity contribution in [2.24, 2.45) is 35.5 Å². The monoisotopic (exact) mass is 386 g/mol. The summed E-state index contributed by atoms with van der Waals surface area (Å²) in [5, 5.41) is 0. The smallest absolute Gasteiger partial charge is 0.0205 e. The summed E-state index contributed by atoms with van der Waals surface area (Å²) >= 11 is 0. The van der Waals surface area contributed by atoms with Gasteiger partial charge in [-0.05, 0) is 74.0 Å². The van der Waals surface area contributed by atoms with E-state index in [0.717, 1.165) is 35.5 Å². The van der Waals surface area contributed by atoms with Gasteiger partial charge in [-0.15, -0.1) is 0 Å². The Bertz CT molecular complexity index is 379. The van der Waals surface area contributed by atoms with Crippen LogP contribution in [0, 0.1) is 35.5 Å². The van der Waals surface area contributed by atoms with Gasteiger partial charge < -0.3 is 0 Å². The lowest BCUT2D eigenvalue weighted by molar-refractivity contribution is 0.175. The topological polar surface area (TPSA) is 0 Å². The molecule has 0 spiro atoms. The second-order valence-corrected chi connectivity index (χ2v) is 10.8. The van der Waals surface area contributed by atoms with Crippen LogP contribution in [0.15, 0.2) is 12.2 Å². The maximum atomic E-state index is 2.70. The Kier molecular flexibility index (Phi) is 9.96. The summed E-state index contributed by atoms with van der Waals surface area (Å²) in [6, 6.07) is 0. The predicted octanol–water partition coefficient (Wildman–Crippen LogP) is 9.34. The molecule has 0 radical (unpaired) electrons. The zero-order valence-electron chi connectivity index (χ0n) is 19.3. The average molecular weight is 387 g/mol. The molecule has 0 aromatic heterocycles. The quantitative estimate of drug-likeness (QED) is 0.259. The molecule has 0 heterocycles. The van der Waals surface area contributed by atoms with Gasteiger partial charge in [0.15, 0.2) is 0 Å². The molecule has 0 aromatic carbocycles. The maximum Gasteiger partial charge on any atom is -0.0205 e. The number of allylic oxidation sites excluding steroid dienone is 2. The zero-order chi connectivity index (χ0) is 19.6. The lowest BCUT2D eigenvalue weighted by Crippen LogP contribution is -2.26. The van der Waals surface area contributed by atoms with Crippen molar-refractivity contribution in [3.05, 3.63) is 12.2 Å². The fourth-order valence-electron chi connectivity index (χ4n) is 6.82. The highest BCUT2D eigenvalue weighted by Crippen LogP contribution is 2.44. The molecule has 0 bridgehead atoms. The van der Waals surface area contributed by atoms with Crippen LogP contribution in [0.1, 0.15) is 129 Å². The second kappa shape index (κ2) is 12.4. The minimum absolute atomic E-state index is 0.929. The first-order chi connectivity index (χ1) is 13.8. The van der Waals surface area contributed by atoms with E-state index in [-0.39, 0.29) is 0 Å². The summed E-state index contributed by atoms with van der Waals surface area (Å²) in [4.78, 5) is 0. The fraction of sp³-hybridized carbons (Fsp3) is 0.929. The van der Waals surface area contributed by atoms with E-state index in [9.17, 15) is 0 Å². The molecular weight excluding hydrogens is 336 g/mol.